The van der Waals surface area contributed by atoms with Gasteiger partial charge in [-0.2, -0.15) is 15.2 Å². The number of hydrogen-bond donors (Lipinski definition) is 1. The van der Waals surface area contributed by atoms with Crippen LogP contribution in [0.2, 0.25) is 0 Å². The van der Waals surface area contributed by atoms with Gasteiger partial charge in [0.1, 0.15) is 5.71 Å². The Morgan fingerprint density at radius 3 is 2.41 bits per heavy atom. The highest BCUT2D eigenvalue weighted by Gasteiger charge is 2.36. The lowest BCUT2D eigenvalue weighted by Crippen LogP contribution is -2.28. The Bertz CT molecular complexity index is 1420. The molecular formula is C25H20N6OS2. The molecule has 34 heavy (non-hydrogen) atoms. The third kappa shape index (κ3) is 3.93. The number of nitrogens with one attached hydrogen (secondary N) is 1. The van der Waals surface area contributed by atoms with Crippen LogP contribution in [0.1, 0.15) is 34.9 Å². The first-order chi connectivity index (χ1) is 16.7. The zero-order valence-corrected chi connectivity index (χ0v) is 19.9. The van der Waals surface area contributed by atoms with E-state index in [9.17, 15) is 4.79 Å². The van der Waals surface area contributed by atoms with E-state index in [0.717, 1.165) is 22.5 Å². The summed E-state index contributed by atoms with van der Waals surface area (Å²) in [5.74, 6) is 0.297. The van der Waals surface area contributed by atoms with E-state index in [1.807, 2.05) is 73.0 Å². The first-order valence-electron chi connectivity index (χ1n) is 11.0. The van der Waals surface area contributed by atoms with Crippen LogP contribution in [0.15, 0.2) is 76.2 Å². The van der Waals surface area contributed by atoms with Crippen LogP contribution in [0, 0.1) is 6.92 Å². The largest absolute Gasteiger partial charge is 0.303 e. The number of benzene rings is 2. The van der Waals surface area contributed by atoms with E-state index < -0.39 is 0 Å². The number of aryl methyl sites for hydroxylation is 1. The summed E-state index contributed by atoms with van der Waals surface area (Å²) in [5.41, 5.74) is 7.40. The van der Waals surface area contributed by atoms with Crippen molar-refractivity contribution in [2.75, 3.05) is 10.4 Å². The van der Waals surface area contributed by atoms with E-state index in [1.54, 1.807) is 11.3 Å². The number of amides is 1. The lowest BCUT2D eigenvalue weighted by molar-refractivity contribution is -0.112. The van der Waals surface area contributed by atoms with Crippen molar-refractivity contribution in [3.8, 4) is 11.3 Å². The highest BCUT2D eigenvalue weighted by molar-refractivity contribution is 7.16. The maximum Gasteiger partial charge on any atom is 0.303 e. The highest BCUT2D eigenvalue weighted by Crippen LogP contribution is 2.45. The lowest BCUT2D eigenvalue weighted by Gasteiger charge is -2.06. The van der Waals surface area contributed by atoms with Gasteiger partial charge >= 0.3 is 5.91 Å². The van der Waals surface area contributed by atoms with Crippen molar-refractivity contribution in [3.05, 3.63) is 82.2 Å². The smallest absolute Gasteiger partial charge is 0.265 e. The van der Waals surface area contributed by atoms with Gasteiger partial charge < -0.3 is 0 Å². The van der Waals surface area contributed by atoms with Crippen molar-refractivity contribution < 1.29 is 4.79 Å². The molecule has 4 aromatic rings. The summed E-state index contributed by atoms with van der Waals surface area (Å²) >= 11 is 2.98. The summed E-state index contributed by atoms with van der Waals surface area (Å²) < 4.78 is 0. The highest BCUT2D eigenvalue weighted by atomic mass is 32.1. The summed E-state index contributed by atoms with van der Waals surface area (Å²) in [4.78, 5) is 24.0. The Morgan fingerprint density at radius 2 is 1.71 bits per heavy atom. The number of anilines is 2. The second kappa shape index (κ2) is 8.58. The molecule has 7 nitrogen and oxygen atoms in total. The van der Waals surface area contributed by atoms with E-state index in [1.165, 1.54) is 34.1 Å². The van der Waals surface area contributed by atoms with Crippen molar-refractivity contribution in [1.29, 1.82) is 0 Å². The Morgan fingerprint density at radius 1 is 1.00 bits per heavy atom. The standard InChI is InChI=1S/C25H20N6OS2/c1-15-22(18-12-13-18)34-24(26-15)29-28-21-20(17-10-6-3-7-11-17)30-31(23(21)32)25-27-19(14-33-25)16-8-4-2-5-9-16/h2-11,14,18H,12-13H2,1H3,(H,26,29)/b28-21-. The molecule has 0 unspecified atom stereocenters. The van der Waals surface area contributed by atoms with Crippen LogP contribution >= 0.6 is 22.7 Å². The maximum absolute atomic E-state index is 13.4. The molecule has 0 saturated heterocycles. The molecule has 2 aliphatic rings. The van der Waals surface area contributed by atoms with Gasteiger partial charge in [-0.15, -0.1) is 11.3 Å². The number of nitrogens with zero attached hydrogens (tertiary/aromatic N) is 5. The number of rotatable bonds is 6. The second-order valence-corrected chi connectivity index (χ2v) is 10.00. The predicted molar refractivity (Wildman–Crippen MR) is 138 cm³/mol. The molecule has 2 aromatic carbocycles. The molecule has 9 heteroatoms. The fraction of sp³-hybridized carbons (Fsp3) is 0.160. The van der Waals surface area contributed by atoms with Crippen molar-refractivity contribution in [2.45, 2.75) is 25.7 Å². The second-order valence-electron chi connectivity index (χ2n) is 8.13. The van der Waals surface area contributed by atoms with Crippen LogP contribution in [0.25, 0.3) is 11.3 Å². The molecule has 6 rings (SSSR count). The van der Waals surface area contributed by atoms with Gasteiger partial charge in [0.05, 0.1) is 11.4 Å². The minimum atomic E-state index is -0.323. The van der Waals surface area contributed by atoms with Gasteiger partial charge in [-0.05, 0) is 25.7 Å². The number of hydrogen-bond acceptors (Lipinski definition) is 8. The van der Waals surface area contributed by atoms with Crippen molar-refractivity contribution in [3.63, 3.8) is 0 Å². The number of thiazole rings is 2. The molecule has 1 saturated carbocycles. The van der Waals surface area contributed by atoms with Gasteiger partial charge in [0.2, 0.25) is 10.3 Å². The predicted octanol–water partition coefficient (Wildman–Crippen LogP) is 5.67. The fourth-order valence-corrected chi connectivity index (χ4v) is 5.66. The summed E-state index contributed by atoms with van der Waals surface area (Å²) in [6, 6.07) is 19.5. The minimum absolute atomic E-state index is 0.239. The Hall–Kier alpha value is -3.69. The zero-order chi connectivity index (χ0) is 23.1. The molecule has 1 aliphatic carbocycles. The van der Waals surface area contributed by atoms with Gasteiger partial charge in [0, 0.05) is 21.4 Å². The van der Waals surface area contributed by atoms with Crippen LogP contribution in [-0.4, -0.2) is 27.3 Å². The van der Waals surface area contributed by atoms with Crippen LogP contribution in [-0.2, 0) is 4.79 Å². The van der Waals surface area contributed by atoms with Gasteiger partial charge in [-0.3, -0.25) is 10.2 Å². The number of aromatic nitrogens is 2. The lowest BCUT2D eigenvalue weighted by atomic mass is 10.1. The van der Waals surface area contributed by atoms with Crippen molar-refractivity contribution >= 4 is 50.3 Å². The zero-order valence-electron chi connectivity index (χ0n) is 18.3. The SMILES string of the molecule is Cc1nc(N/N=C2\C(=O)N(c3nc(-c4ccccc4)cs3)N=C2c2ccccc2)sc1C1CC1. The fourth-order valence-electron chi connectivity index (χ4n) is 3.80. The quantitative estimate of drug-likeness (QED) is 0.357. The Labute approximate surface area is 204 Å². The summed E-state index contributed by atoms with van der Waals surface area (Å²) in [5, 5.41) is 13.6. The van der Waals surface area contributed by atoms with Gasteiger partial charge in [0.25, 0.3) is 0 Å². The van der Waals surface area contributed by atoms with Crippen LogP contribution in [0.5, 0.6) is 0 Å². The third-order valence-corrected chi connectivity index (χ3v) is 7.69. The van der Waals surface area contributed by atoms with Crippen LogP contribution < -0.4 is 10.4 Å². The Kier molecular flexibility index (Phi) is 5.27. The van der Waals surface area contributed by atoms with Gasteiger partial charge in [0.15, 0.2) is 5.71 Å². The topological polar surface area (TPSA) is 82.8 Å². The monoisotopic (exact) mass is 484 g/mol. The molecule has 2 aromatic heterocycles. The first kappa shape index (κ1) is 20.9. The van der Waals surface area contributed by atoms with E-state index in [2.05, 4.69) is 25.6 Å². The number of carbonyl (C=O) groups excluding carboxylic acids is 1. The molecule has 0 bridgehead atoms. The molecule has 3 heterocycles. The summed E-state index contributed by atoms with van der Waals surface area (Å²) in [6.07, 6.45) is 2.43. The molecule has 0 atom stereocenters. The molecule has 1 amide bonds. The van der Waals surface area contributed by atoms with Crippen LogP contribution in [0.4, 0.5) is 10.3 Å². The molecule has 0 spiro atoms. The average Bonchev–Trinajstić information content (AvgIpc) is 3.32. The number of hydrazone groups is 2. The molecule has 1 N–H and O–H groups in total. The molecule has 0 radical (unpaired) electrons. The molecule has 1 fully saturated rings. The maximum atomic E-state index is 13.4. The van der Waals surface area contributed by atoms with Crippen molar-refractivity contribution in [2.24, 2.45) is 10.2 Å². The molecule has 168 valence electrons. The third-order valence-electron chi connectivity index (χ3n) is 5.65. The summed E-state index contributed by atoms with van der Waals surface area (Å²) in [7, 11) is 0. The first-order valence-corrected chi connectivity index (χ1v) is 12.7. The minimum Gasteiger partial charge on any atom is -0.265 e. The van der Waals surface area contributed by atoms with E-state index in [-0.39, 0.29) is 11.6 Å². The average molecular weight is 485 g/mol. The van der Waals surface area contributed by atoms with Gasteiger partial charge in [-0.1, -0.05) is 72.0 Å². The van der Waals surface area contributed by atoms with Gasteiger partial charge in [-0.25, -0.2) is 9.97 Å². The van der Waals surface area contributed by atoms with E-state index in [0.29, 0.717) is 21.9 Å². The Balaban J connectivity index is 1.33. The molecular weight excluding hydrogens is 464 g/mol. The van der Waals surface area contributed by atoms with E-state index in [4.69, 9.17) is 0 Å². The normalized spacial score (nSPS) is 16.9. The summed E-state index contributed by atoms with van der Waals surface area (Å²) in [6.45, 7) is 2.02. The van der Waals surface area contributed by atoms with E-state index >= 15 is 0 Å². The van der Waals surface area contributed by atoms with Crippen molar-refractivity contribution in [1.82, 2.24) is 9.97 Å². The number of carbonyl (C=O) groups is 1. The van der Waals surface area contributed by atoms with Crippen LogP contribution in [0.3, 0.4) is 0 Å². The molecule has 1 aliphatic heterocycles.